The fraction of sp³-hybridized carbons (Fsp3) is 0.833. The van der Waals surface area contributed by atoms with Crippen LogP contribution in [0, 0.1) is 5.92 Å². The molecule has 0 aromatic rings. The van der Waals surface area contributed by atoms with Crippen molar-refractivity contribution in [2.24, 2.45) is 5.92 Å². The average molecular weight is 228 g/mol. The Morgan fingerprint density at radius 2 is 1.75 bits per heavy atom. The first-order chi connectivity index (χ1) is 7.32. The topological polar surface area (TPSA) is 49.4 Å². The molecule has 0 unspecified atom stereocenters. The summed E-state index contributed by atoms with van der Waals surface area (Å²) in [5, 5.41) is 2.81. The maximum atomic E-state index is 11.4. The van der Waals surface area contributed by atoms with Crippen molar-refractivity contribution in [2.75, 3.05) is 13.1 Å². The highest BCUT2D eigenvalue weighted by molar-refractivity contribution is 5.78. The largest absolute Gasteiger partial charge is 0.354 e. The van der Waals surface area contributed by atoms with Crippen molar-refractivity contribution >= 4 is 11.8 Å². The first kappa shape index (κ1) is 14.9. The van der Waals surface area contributed by atoms with E-state index in [1.165, 1.54) is 0 Å². The second kappa shape index (κ2) is 7.25. The van der Waals surface area contributed by atoms with Crippen LogP contribution in [0.25, 0.3) is 0 Å². The van der Waals surface area contributed by atoms with E-state index in [4.69, 9.17) is 0 Å². The van der Waals surface area contributed by atoms with Crippen molar-refractivity contribution in [2.45, 2.75) is 47.1 Å². The normalized spacial score (nSPS) is 10.7. The van der Waals surface area contributed by atoms with Gasteiger partial charge in [-0.05, 0) is 19.8 Å². The van der Waals surface area contributed by atoms with E-state index in [9.17, 15) is 9.59 Å². The van der Waals surface area contributed by atoms with Gasteiger partial charge in [-0.25, -0.2) is 0 Å². The molecule has 4 nitrogen and oxygen atoms in total. The number of carbonyl (C=O) groups excluding carboxylic acids is 2. The van der Waals surface area contributed by atoms with E-state index in [2.05, 4.69) is 19.2 Å². The Labute approximate surface area is 98.4 Å². The van der Waals surface area contributed by atoms with Crippen LogP contribution >= 0.6 is 0 Å². The standard InChI is InChI=1S/C12H24N2O2/c1-9(2)8-14(11(5)15)7-6-12(16)13-10(3)4/h9-10H,6-8H2,1-5H3,(H,13,16). The lowest BCUT2D eigenvalue weighted by molar-refractivity contribution is -0.130. The summed E-state index contributed by atoms with van der Waals surface area (Å²) in [6.07, 6.45) is 0.379. The highest BCUT2D eigenvalue weighted by Gasteiger charge is 2.12. The summed E-state index contributed by atoms with van der Waals surface area (Å²) in [4.78, 5) is 24.5. The third kappa shape index (κ3) is 7.26. The second-order valence-electron chi connectivity index (χ2n) is 4.83. The molecule has 0 saturated heterocycles. The summed E-state index contributed by atoms with van der Waals surface area (Å²) in [5.41, 5.74) is 0. The van der Waals surface area contributed by atoms with Gasteiger partial charge in [-0.1, -0.05) is 13.8 Å². The minimum atomic E-state index is 0.00464. The number of carbonyl (C=O) groups is 2. The molecule has 1 N–H and O–H groups in total. The lowest BCUT2D eigenvalue weighted by Gasteiger charge is -2.23. The average Bonchev–Trinajstić information content (AvgIpc) is 2.09. The minimum Gasteiger partial charge on any atom is -0.354 e. The van der Waals surface area contributed by atoms with Gasteiger partial charge in [0, 0.05) is 32.5 Å². The zero-order valence-corrected chi connectivity index (χ0v) is 11.0. The lowest BCUT2D eigenvalue weighted by atomic mass is 10.2. The highest BCUT2D eigenvalue weighted by atomic mass is 16.2. The fourth-order valence-electron chi connectivity index (χ4n) is 1.45. The van der Waals surface area contributed by atoms with Crippen LogP contribution in [-0.4, -0.2) is 35.8 Å². The summed E-state index contributed by atoms with van der Waals surface area (Å²) in [6, 6.07) is 0.156. The highest BCUT2D eigenvalue weighted by Crippen LogP contribution is 2.00. The molecule has 0 aromatic carbocycles. The summed E-state index contributed by atoms with van der Waals surface area (Å²) in [5.74, 6) is 0.466. The van der Waals surface area contributed by atoms with Crippen molar-refractivity contribution in [3.05, 3.63) is 0 Å². The molecule has 0 radical (unpaired) electrons. The Bertz CT molecular complexity index is 237. The van der Waals surface area contributed by atoms with Gasteiger partial charge in [0.25, 0.3) is 0 Å². The lowest BCUT2D eigenvalue weighted by Crippen LogP contribution is -2.37. The molecule has 0 spiro atoms. The van der Waals surface area contributed by atoms with Crippen LogP contribution < -0.4 is 5.32 Å². The molecule has 16 heavy (non-hydrogen) atoms. The Kier molecular flexibility index (Phi) is 6.77. The molecule has 0 aliphatic rings. The van der Waals surface area contributed by atoms with Gasteiger partial charge < -0.3 is 10.2 Å². The maximum absolute atomic E-state index is 11.4. The molecule has 0 fully saturated rings. The van der Waals surface area contributed by atoms with Gasteiger partial charge in [-0.2, -0.15) is 0 Å². The fourth-order valence-corrected chi connectivity index (χ4v) is 1.45. The van der Waals surface area contributed by atoms with Gasteiger partial charge in [-0.3, -0.25) is 9.59 Å². The number of amides is 2. The van der Waals surface area contributed by atoms with Gasteiger partial charge in [0.05, 0.1) is 0 Å². The number of hydrogen-bond acceptors (Lipinski definition) is 2. The Balaban J connectivity index is 4.02. The molecule has 0 aromatic heterocycles. The number of rotatable bonds is 6. The molecule has 0 heterocycles. The van der Waals surface area contributed by atoms with Crippen LogP contribution in [0.5, 0.6) is 0 Å². The second-order valence-corrected chi connectivity index (χ2v) is 4.83. The number of nitrogens with zero attached hydrogens (tertiary/aromatic N) is 1. The van der Waals surface area contributed by atoms with Crippen LogP contribution in [0.15, 0.2) is 0 Å². The molecular formula is C12H24N2O2. The zero-order chi connectivity index (χ0) is 12.7. The quantitative estimate of drug-likeness (QED) is 0.747. The minimum absolute atomic E-state index is 0.00464. The first-order valence-electron chi connectivity index (χ1n) is 5.87. The monoisotopic (exact) mass is 228 g/mol. The molecule has 0 aliphatic carbocycles. The van der Waals surface area contributed by atoms with Crippen molar-refractivity contribution in [3.63, 3.8) is 0 Å². The number of nitrogens with one attached hydrogen (secondary N) is 1. The van der Waals surface area contributed by atoms with E-state index in [1.807, 2.05) is 13.8 Å². The van der Waals surface area contributed by atoms with Crippen LogP contribution in [0.1, 0.15) is 41.0 Å². The van der Waals surface area contributed by atoms with Gasteiger partial charge in [0.1, 0.15) is 0 Å². The third-order valence-electron chi connectivity index (χ3n) is 2.09. The molecule has 0 rings (SSSR count). The van der Waals surface area contributed by atoms with E-state index in [-0.39, 0.29) is 17.9 Å². The van der Waals surface area contributed by atoms with E-state index in [0.717, 1.165) is 0 Å². The van der Waals surface area contributed by atoms with Crippen LogP contribution in [-0.2, 0) is 9.59 Å². The molecule has 0 saturated carbocycles. The number of hydrogen-bond donors (Lipinski definition) is 1. The van der Waals surface area contributed by atoms with E-state index in [1.54, 1.807) is 11.8 Å². The summed E-state index contributed by atoms with van der Waals surface area (Å²) in [7, 11) is 0. The predicted molar refractivity (Wildman–Crippen MR) is 65.0 cm³/mol. The molecular weight excluding hydrogens is 204 g/mol. The molecule has 0 atom stereocenters. The Morgan fingerprint density at radius 1 is 1.19 bits per heavy atom. The van der Waals surface area contributed by atoms with Crippen LogP contribution in [0.2, 0.25) is 0 Å². The molecule has 94 valence electrons. The summed E-state index contributed by atoms with van der Waals surface area (Å²) in [6.45, 7) is 10.7. The van der Waals surface area contributed by atoms with E-state index < -0.39 is 0 Å². The predicted octanol–water partition coefficient (Wildman–Crippen LogP) is 1.41. The van der Waals surface area contributed by atoms with E-state index >= 15 is 0 Å². The zero-order valence-electron chi connectivity index (χ0n) is 11.0. The Hall–Kier alpha value is -1.06. The van der Waals surface area contributed by atoms with Crippen molar-refractivity contribution < 1.29 is 9.59 Å². The summed E-state index contributed by atoms with van der Waals surface area (Å²) >= 11 is 0. The van der Waals surface area contributed by atoms with Crippen molar-refractivity contribution in [1.82, 2.24) is 10.2 Å². The van der Waals surface area contributed by atoms with Crippen LogP contribution in [0.4, 0.5) is 0 Å². The molecule has 2 amide bonds. The Morgan fingerprint density at radius 3 is 2.12 bits per heavy atom. The smallest absolute Gasteiger partial charge is 0.221 e. The van der Waals surface area contributed by atoms with Crippen molar-refractivity contribution in [3.8, 4) is 0 Å². The van der Waals surface area contributed by atoms with Gasteiger partial charge in [-0.15, -0.1) is 0 Å². The van der Waals surface area contributed by atoms with Crippen LogP contribution in [0.3, 0.4) is 0 Å². The van der Waals surface area contributed by atoms with Gasteiger partial charge in [0.15, 0.2) is 0 Å². The molecule has 0 aliphatic heterocycles. The third-order valence-corrected chi connectivity index (χ3v) is 2.09. The van der Waals surface area contributed by atoms with Gasteiger partial charge >= 0.3 is 0 Å². The van der Waals surface area contributed by atoms with Crippen molar-refractivity contribution in [1.29, 1.82) is 0 Å². The maximum Gasteiger partial charge on any atom is 0.221 e. The van der Waals surface area contributed by atoms with E-state index in [0.29, 0.717) is 25.4 Å². The molecule has 0 bridgehead atoms. The summed E-state index contributed by atoms with van der Waals surface area (Å²) < 4.78 is 0. The SMILES string of the molecule is CC(=O)N(CCC(=O)NC(C)C)CC(C)C. The molecule has 4 heteroatoms. The first-order valence-corrected chi connectivity index (χ1v) is 5.87. The van der Waals surface area contributed by atoms with Gasteiger partial charge in [0.2, 0.25) is 11.8 Å².